The maximum absolute atomic E-state index is 11.9. The van der Waals surface area contributed by atoms with Crippen molar-refractivity contribution < 1.29 is 4.79 Å². The average molecular weight is 249 g/mol. The molecule has 0 aliphatic rings. The summed E-state index contributed by atoms with van der Waals surface area (Å²) in [6.07, 6.45) is 1.22. The molecule has 18 heavy (non-hydrogen) atoms. The Morgan fingerprint density at radius 2 is 1.83 bits per heavy atom. The standard InChI is InChI=1S/C14H23N3O/c1-16(2)10-11-17(3)14(18)9-8-12-6-4-5-7-13(12)15/h4-7H,8-11,15H2,1-3H3. The van der Waals surface area contributed by atoms with Gasteiger partial charge in [-0.05, 0) is 32.1 Å². The number of nitrogens with two attached hydrogens (primary N) is 1. The predicted molar refractivity (Wildman–Crippen MR) is 75.4 cm³/mol. The Morgan fingerprint density at radius 3 is 2.44 bits per heavy atom. The third-order valence-electron chi connectivity index (χ3n) is 2.97. The topological polar surface area (TPSA) is 49.6 Å². The summed E-state index contributed by atoms with van der Waals surface area (Å²) in [6.45, 7) is 1.64. The summed E-state index contributed by atoms with van der Waals surface area (Å²) in [7, 11) is 5.85. The lowest BCUT2D eigenvalue weighted by atomic mass is 10.1. The molecule has 1 aromatic carbocycles. The third-order valence-corrected chi connectivity index (χ3v) is 2.97. The van der Waals surface area contributed by atoms with Crippen LogP contribution in [0.25, 0.3) is 0 Å². The highest BCUT2D eigenvalue weighted by molar-refractivity contribution is 5.76. The molecule has 0 radical (unpaired) electrons. The van der Waals surface area contributed by atoms with Gasteiger partial charge in [0.1, 0.15) is 0 Å². The largest absolute Gasteiger partial charge is 0.399 e. The molecule has 1 aromatic rings. The van der Waals surface area contributed by atoms with Crippen molar-refractivity contribution in [3.05, 3.63) is 29.8 Å². The van der Waals surface area contributed by atoms with E-state index in [0.717, 1.165) is 24.3 Å². The number of carbonyl (C=O) groups excluding carboxylic acids is 1. The number of nitrogen functional groups attached to an aromatic ring is 1. The van der Waals surface area contributed by atoms with Crippen molar-refractivity contribution in [2.24, 2.45) is 0 Å². The molecule has 100 valence electrons. The number of anilines is 1. The first kappa shape index (κ1) is 14.5. The first-order chi connectivity index (χ1) is 8.50. The fourth-order valence-electron chi connectivity index (χ4n) is 1.67. The van der Waals surface area contributed by atoms with E-state index in [4.69, 9.17) is 5.73 Å². The minimum atomic E-state index is 0.167. The molecule has 0 aliphatic heterocycles. The van der Waals surface area contributed by atoms with Gasteiger partial charge in [-0.25, -0.2) is 0 Å². The van der Waals surface area contributed by atoms with Crippen LogP contribution in [-0.4, -0.2) is 49.9 Å². The smallest absolute Gasteiger partial charge is 0.222 e. The molecule has 4 nitrogen and oxygen atoms in total. The van der Waals surface area contributed by atoms with E-state index in [1.807, 2.05) is 45.4 Å². The van der Waals surface area contributed by atoms with Gasteiger partial charge >= 0.3 is 0 Å². The first-order valence-corrected chi connectivity index (χ1v) is 6.22. The maximum Gasteiger partial charge on any atom is 0.222 e. The van der Waals surface area contributed by atoms with E-state index >= 15 is 0 Å². The molecule has 0 fully saturated rings. The second-order valence-electron chi connectivity index (χ2n) is 4.82. The van der Waals surface area contributed by atoms with E-state index in [1.54, 1.807) is 4.90 Å². The van der Waals surface area contributed by atoms with Crippen LogP contribution in [-0.2, 0) is 11.2 Å². The number of rotatable bonds is 6. The molecular weight excluding hydrogens is 226 g/mol. The summed E-state index contributed by atoms with van der Waals surface area (Å²) < 4.78 is 0. The van der Waals surface area contributed by atoms with Crippen LogP contribution < -0.4 is 5.73 Å². The van der Waals surface area contributed by atoms with Gasteiger partial charge in [0.2, 0.25) is 5.91 Å². The van der Waals surface area contributed by atoms with Crippen molar-refractivity contribution in [2.45, 2.75) is 12.8 Å². The highest BCUT2D eigenvalue weighted by Crippen LogP contribution is 2.13. The third kappa shape index (κ3) is 4.75. The average Bonchev–Trinajstić information content (AvgIpc) is 2.34. The molecule has 0 unspecified atom stereocenters. The van der Waals surface area contributed by atoms with E-state index in [0.29, 0.717) is 12.8 Å². The van der Waals surface area contributed by atoms with Crippen molar-refractivity contribution in [1.29, 1.82) is 0 Å². The monoisotopic (exact) mass is 249 g/mol. The molecular formula is C14H23N3O. The minimum absolute atomic E-state index is 0.167. The van der Waals surface area contributed by atoms with Gasteiger partial charge < -0.3 is 15.5 Å². The zero-order valence-electron chi connectivity index (χ0n) is 11.5. The molecule has 0 saturated carbocycles. The number of nitrogens with zero attached hydrogens (tertiary/aromatic N) is 2. The summed E-state index contributed by atoms with van der Waals surface area (Å²) in [6, 6.07) is 7.70. The van der Waals surface area contributed by atoms with Crippen molar-refractivity contribution in [3.8, 4) is 0 Å². The summed E-state index contributed by atoms with van der Waals surface area (Å²) in [4.78, 5) is 15.8. The molecule has 0 bridgehead atoms. The zero-order chi connectivity index (χ0) is 13.5. The van der Waals surface area contributed by atoms with Crippen LogP contribution in [0, 0.1) is 0 Å². The Kier molecular flexibility index (Phi) is 5.65. The van der Waals surface area contributed by atoms with E-state index in [9.17, 15) is 4.79 Å². The first-order valence-electron chi connectivity index (χ1n) is 6.22. The lowest BCUT2D eigenvalue weighted by Crippen LogP contribution is -2.33. The molecule has 0 heterocycles. The number of amides is 1. The minimum Gasteiger partial charge on any atom is -0.399 e. The van der Waals surface area contributed by atoms with Crippen molar-refractivity contribution in [3.63, 3.8) is 0 Å². The van der Waals surface area contributed by atoms with Gasteiger partial charge in [-0.3, -0.25) is 4.79 Å². The predicted octanol–water partition coefficient (Wildman–Crippen LogP) is 1.22. The molecule has 2 N–H and O–H groups in total. The number of carbonyl (C=O) groups is 1. The van der Waals surface area contributed by atoms with Gasteiger partial charge in [-0.2, -0.15) is 0 Å². The fourth-order valence-corrected chi connectivity index (χ4v) is 1.67. The van der Waals surface area contributed by atoms with E-state index < -0.39 is 0 Å². The van der Waals surface area contributed by atoms with E-state index in [-0.39, 0.29) is 5.91 Å². The van der Waals surface area contributed by atoms with Crippen molar-refractivity contribution >= 4 is 11.6 Å². The number of aryl methyl sites for hydroxylation is 1. The summed E-state index contributed by atoms with van der Waals surface area (Å²) in [5, 5.41) is 0. The zero-order valence-corrected chi connectivity index (χ0v) is 11.5. The van der Waals surface area contributed by atoms with Gasteiger partial charge in [-0.1, -0.05) is 18.2 Å². The van der Waals surface area contributed by atoms with Crippen LogP contribution in [0.2, 0.25) is 0 Å². The molecule has 0 atom stereocenters. The van der Waals surface area contributed by atoms with Gasteiger partial charge in [0.15, 0.2) is 0 Å². The van der Waals surface area contributed by atoms with Gasteiger partial charge in [0, 0.05) is 32.2 Å². The molecule has 4 heteroatoms. The van der Waals surface area contributed by atoms with Crippen LogP contribution in [0.5, 0.6) is 0 Å². The van der Waals surface area contributed by atoms with Crippen LogP contribution >= 0.6 is 0 Å². The van der Waals surface area contributed by atoms with Gasteiger partial charge in [0.05, 0.1) is 0 Å². The number of hydrogen-bond donors (Lipinski definition) is 1. The van der Waals surface area contributed by atoms with Crippen molar-refractivity contribution in [1.82, 2.24) is 9.80 Å². The second kappa shape index (κ2) is 7.01. The van der Waals surface area contributed by atoms with Crippen molar-refractivity contribution in [2.75, 3.05) is 40.0 Å². The molecule has 0 saturated heterocycles. The Morgan fingerprint density at radius 1 is 1.17 bits per heavy atom. The number of likely N-dealkylation sites (N-methyl/N-ethyl adjacent to an activating group) is 2. The molecule has 1 amide bonds. The van der Waals surface area contributed by atoms with Gasteiger partial charge in [0.25, 0.3) is 0 Å². The quantitative estimate of drug-likeness (QED) is 0.771. The second-order valence-corrected chi connectivity index (χ2v) is 4.82. The molecule has 1 rings (SSSR count). The number of para-hydroxylation sites is 1. The van der Waals surface area contributed by atoms with Crippen LogP contribution in [0.4, 0.5) is 5.69 Å². The highest BCUT2D eigenvalue weighted by atomic mass is 16.2. The number of benzene rings is 1. The van der Waals surface area contributed by atoms with E-state index in [1.165, 1.54) is 0 Å². The Bertz CT molecular complexity index is 390. The van der Waals surface area contributed by atoms with Gasteiger partial charge in [-0.15, -0.1) is 0 Å². The normalized spacial score (nSPS) is 10.7. The summed E-state index contributed by atoms with van der Waals surface area (Å²) >= 11 is 0. The Balaban J connectivity index is 2.39. The molecule has 0 aliphatic carbocycles. The fraction of sp³-hybridized carbons (Fsp3) is 0.500. The van der Waals surface area contributed by atoms with Crippen LogP contribution in [0.15, 0.2) is 24.3 Å². The van der Waals surface area contributed by atoms with E-state index in [2.05, 4.69) is 4.90 Å². The maximum atomic E-state index is 11.9. The SMILES string of the molecule is CN(C)CCN(C)C(=O)CCc1ccccc1N. The lowest BCUT2D eigenvalue weighted by molar-refractivity contribution is -0.129. The highest BCUT2D eigenvalue weighted by Gasteiger charge is 2.09. The Hall–Kier alpha value is -1.55. The summed E-state index contributed by atoms with van der Waals surface area (Å²) in [5.74, 6) is 0.167. The number of hydrogen-bond acceptors (Lipinski definition) is 3. The van der Waals surface area contributed by atoms with Crippen LogP contribution in [0.1, 0.15) is 12.0 Å². The molecule has 0 aromatic heterocycles. The van der Waals surface area contributed by atoms with Crippen LogP contribution in [0.3, 0.4) is 0 Å². The molecule has 0 spiro atoms. The lowest BCUT2D eigenvalue weighted by Gasteiger charge is -2.19. The Labute approximate surface area is 109 Å². The summed E-state index contributed by atoms with van der Waals surface area (Å²) in [5.41, 5.74) is 7.66.